The van der Waals surface area contributed by atoms with Gasteiger partial charge in [0.15, 0.2) is 0 Å². The molecule has 1 aromatic rings. The summed E-state index contributed by atoms with van der Waals surface area (Å²) >= 11 is 0. The Labute approximate surface area is 82.7 Å². The summed E-state index contributed by atoms with van der Waals surface area (Å²) in [7, 11) is 0. The highest BCUT2D eigenvalue weighted by atomic mass is 19.1. The predicted molar refractivity (Wildman–Crippen MR) is 55.6 cm³/mol. The largest absolute Gasteiger partial charge is 0.399 e. The normalized spacial score (nSPS) is 12.5. The van der Waals surface area contributed by atoms with E-state index in [1.165, 1.54) is 12.1 Å². The van der Waals surface area contributed by atoms with Crippen molar-refractivity contribution in [3.05, 3.63) is 24.0 Å². The molecule has 3 nitrogen and oxygen atoms in total. The Kier molecular flexibility index (Phi) is 3.71. The van der Waals surface area contributed by atoms with Crippen LogP contribution in [0.3, 0.4) is 0 Å². The fraction of sp³-hybridized carbons (Fsp3) is 0.400. The van der Waals surface area contributed by atoms with Gasteiger partial charge < -0.3 is 16.2 Å². The highest BCUT2D eigenvalue weighted by Gasteiger charge is 2.01. The van der Waals surface area contributed by atoms with Crippen LogP contribution in [-0.2, 0) is 0 Å². The van der Waals surface area contributed by atoms with E-state index in [9.17, 15) is 9.50 Å². The zero-order valence-corrected chi connectivity index (χ0v) is 8.13. The first-order valence-electron chi connectivity index (χ1n) is 4.60. The molecule has 0 aliphatic carbocycles. The second-order valence-corrected chi connectivity index (χ2v) is 3.22. The van der Waals surface area contributed by atoms with Crippen LogP contribution in [0.15, 0.2) is 18.2 Å². The summed E-state index contributed by atoms with van der Waals surface area (Å²) in [5.41, 5.74) is 6.42. The molecule has 0 amide bonds. The van der Waals surface area contributed by atoms with Gasteiger partial charge in [0.25, 0.3) is 0 Å². The third-order valence-electron chi connectivity index (χ3n) is 1.93. The smallest absolute Gasteiger partial charge is 0.127 e. The number of hydrogen-bond donors (Lipinski definition) is 3. The third kappa shape index (κ3) is 3.22. The molecule has 0 aliphatic heterocycles. The van der Waals surface area contributed by atoms with Crippen LogP contribution in [0.4, 0.5) is 15.8 Å². The van der Waals surface area contributed by atoms with Gasteiger partial charge in [0.05, 0.1) is 6.10 Å². The Morgan fingerprint density at radius 2 is 2.21 bits per heavy atom. The van der Waals surface area contributed by atoms with Crippen molar-refractivity contribution in [3.63, 3.8) is 0 Å². The number of aliphatic hydroxyl groups is 1. The van der Waals surface area contributed by atoms with Gasteiger partial charge in [-0.2, -0.15) is 0 Å². The fourth-order valence-corrected chi connectivity index (χ4v) is 1.09. The number of nitrogen functional groups attached to an aromatic ring is 1. The monoisotopic (exact) mass is 198 g/mol. The summed E-state index contributed by atoms with van der Waals surface area (Å²) < 4.78 is 12.9. The molecule has 1 unspecified atom stereocenters. The lowest BCUT2D eigenvalue weighted by atomic mass is 10.2. The Hall–Kier alpha value is -1.29. The molecule has 78 valence electrons. The number of benzene rings is 1. The van der Waals surface area contributed by atoms with Gasteiger partial charge >= 0.3 is 0 Å². The van der Waals surface area contributed by atoms with Crippen molar-refractivity contribution in [2.75, 3.05) is 17.6 Å². The van der Waals surface area contributed by atoms with Crippen molar-refractivity contribution in [2.24, 2.45) is 0 Å². The molecule has 4 heteroatoms. The molecule has 0 saturated carbocycles. The van der Waals surface area contributed by atoms with Gasteiger partial charge in [-0.05, 0) is 24.6 Å². The average Bonchev–Trinajstić information content (AvgIpc) is 2.12. The predicted octanol–water partition coefficient (Wildman–Crippen LogP) is 1.59. The maximum Gasteiger partial charge on any atom is 0.127 e. The van der Waals surface area contributed by atoms with E-state index in [-0.39, 0.29) is 5.82 Å². The number of halogens is 1. The van der Waals surface area contributed by atoms with Crippen LogP contribution in [0.1, 0.15) is 13.3 Å². The van der Waals surface area contributed by atoms with Crippen LogP contribution in [0, 0.1) is 5.82 Å². The van der Waals surface area contributed by atoms with Gasteiger partial charge in [-0.1, -0.05) is 6.92 Å². The lowest BCUT2D eigenvalue weighted by Gasteiger charge is -2.11. The van der Waals surface area contributed by atoms with Crippen LogP contribution < -0.4 is 11.1 Å². The van der Waals surface area contributed by atoms with Crippen molar-refractivity contribution in [1.29, 1.82) is 0 Å². The first kappa shape index (κ1) is 10.8. The maximum atomic E-state index is 12.9. The minimum absolute atomic E-state index is 0.374. The lowest BCUT2D eigenvalue weighted by molar-refractivity contribution is 0.183. The first-order chi connectivity index (χ1) is 6.61. The van der Waals surface area contributed by atoms with Crippen molar-refractivity contribution >= 4 is 11.4 Å². The van der Waals surface area contributed by atoms with E-state index in [0.29, 0.717) is 24.3 Å². The van der Waals surface area contributed by atoms with Crippen LogP contribution in [0.25, 0.3) is 0 Å². The van der Waals surface area contributed by atoms with Crippen LogP contribution in [-0.4, -0.2) is 17.8 Å². The second kappa shape index (κ2) is 4.81. The number of nitrogens with two attached hydrogens (primary N) is 1. The Morgan fingerprint density at radius 1 is 1.50 bits per heavy atom. The van der Waals surface area contributed by atoms with E-state index in [0.717, 1.165) is 0 Å². The Bertz CT molecular complexity index is 284. The summed E-state index contributed by atoms with van der Waals surface area (Å²) in [4.78, 5) is 0. The van der Waals surface area contributed by atoms with Gasteiger partial charge in [-0.25, -0.2) is 4.39 Å². The van der Waals surface area contributed by atoms with Crippen molar-refractivity contribution in [1.82, 2.24) is 0 Å². The molecule has 0 saturated heterocycles. The van der Waals surface area contributed by atoms with Crippen molar-refractivity contribution < 1.29 is 9.50 Å². The van der Waals surface area contributed by atoms with Crippen molar-refractivity contribution in [2.45, 2.75) is 19.4 Å². The summed E-state index contributed by atoms with van der Waals surface area (Å²) in [6, 6.07) is 4.23. The molecule has 0 heterocycles. The van der Waals surface area contributed by atoms with Gasteiger partial charge in [0.2, 0.25) is 0 Å². The van der Waals surface area contributed by atoms with E-state index in [1.54, 1.807) is 6.07 Å². The molecule has 0 bridgehead atoms. The highest BCUT2D eigenvalue weighted by Crippen LogP contribution is 2.15. The number of hydrogen-bond acceptors (Lipinski definition) is 3. The third-order valence-corrected chi connectivity index (χ3v) is 1.93. The molecular formula is C10H15FN2O. The van der Waals surface area contributed by atoms with E-state index in [4.69, 9.17) is 5.73 Å². The van der Waals surface area contributed by atoms with Gasteiger partial charge in [-0.3, -0.25) is 0 Å². The van der Waals surface area contributed by atoms with Crippen LogP contribution >= 0.6 is 0 Å². The Morgan fingerprint density at radius 3 is 2.79 bits per heavy atom. The molecule has 0 aromatic heterocycles. The number of aliphatic hydroxyl groups excluding tert-OH is 1. The molecule has 0 radical (unpaired) electrons. The quantitative estimate of drug-likeness (QED) is 0.644. The second-order valence-electron chi connectivity index (χ2n) is 3.22. The SMILES string of the molecule is CCC(O)CNc1cc(N)cc(F)c1. The van der Waals surface area contributed by atoms with E-state index >= 15 is 0 Å². The zero-order chi connectivity index (χ0) is 10.6. The molecular weight excluding hydrogens is 183 g/mol. The molecule has 0 spiro atoms. The fourth-order valence-electron chi connectivity index (χ4n) is 1.09. The molecule has 4 N–H and O–H groups in total. The molecule has 0 fully saturated rings. The number of rotatable bonds is 4. The topological polar surface area (TPSA) is 58.3 Å². The minimum Gasteiger partial charge on any atom is -0.399 e. The molecule has 1 atom stereocenters. The minimum atomic E-state index is -0.417. The van der Waals surface area contributed by atoms with Gasteiger partial charge in [-0.15, -0.1) is 0 Å². The summed E-state index contributed by atoms with van der Waals surface area (Å²) in [5.74, 6) is -0.376. The van der Waals surface area contributed by atoms with Gasteiger partial charge in [0.1, 0.15) is 5.82 Å². The first-order valence-corrected chi connectivity index (χ1v) is 4.60. The zero-order valence-electron chi connectivity index (χ0n) is 8.13. The van der Waals surface area contributed by atoms with Gasteiger partial charge in [0, 0.05) is 17.9 Å². The molecule has 1 rings (SSSR count). The number of anilines is 2. The molecule has 0 aliphatic rings. The maximum absolute atomic E-state index is 12.9. The summed E-state index contributed by atoms with van der Waals surface area (Å²) in [6.07, 6.45) is 0.247. The molecule has 1 aromatic carbocycles. The van der Waals surface area contributed by atoms with E-state index < -0.39 is 6.10 Å². The standard InChI is InChI=1S/C10H15FN2O/c1-2-10(14)6-13-9-4-7(11)3-8(12)5-9/h3-5,10,13-14H,2,6,12H2,1H3. The van der Waals surface area contributed by atoms with Crippen LogP contribution in [0.5, 0.6) is 0 Å². The lowest BCUT2D eigenvalue weighted by Crippen LogP contribution is -2.18. The van der Waals surface area contributed by atoms with Crippen molar-refractivity contribution in [3.8, 4) is 0 Å². The Balaban J connectivity index is 2.58. The average molecular weight is 198 g/mol. The summed E-state index contributed by atoms with van der Waals surface area (Å²) in [6.45, 7) is 2.28. The highest BCUT2D eigenvalue weighted by molar-refractivity contribution is 5.54. The van der Waals surface area contributed by atoms with Crippen LogP contribution in [0.2, 0.25) is 0 Å². The summed E-state index contributed by atoms with van der Waals surface area (Å²) in [5, 5.41) is 12.2. The number of nitrogens with one attached hydrogen (secondary N) is 1. The van der Waals surface area contributed by atoms with E-state index in [1.807, 2.05) is 6.92 Å². The van der Waals surface area contributed by atoms with E-state index in [2.05, 4.69) is 5.32 Å². The molecule has 14 heavy (non-hydrogen) atoms.